The standard InChI is InChI=1S/C22H20N6O3S3/c1-12-7-8-17(13(2)9-12)23-21-26-27-22(34-21)33-14(3)19(29)25-20-24-18(11-32-20)15-5-4-6-16(10-15)28(30)31/h4-11,14H,1-3H3,(H,23,26)(H,24,25,29). The highest BCUT2D eigenvalue weighted by Crippen LogP contribution is 2.32. The molecule has 4 rings (SSSR count). The van der Waals surface area contributed by atoms with Gasteiger partial charge in [0.25, 0.3) is 5.69 Å². The Balaban J connectivity index is 1.36. The monoisotopic (exact) mass is 512 g/mol. The number of carbonyl (C=O) groups excluding carboxylic acids is 1. The lowest BCUT2D eigenvalue weighted by Crippen LogP contribution is -2.22. The maximum Gasteiger partial charge on any atom is 0.270 e. The predicted molar refractivity (Wildman–Crippen MR) is 137 cm³/mol. The molecular weight excluding hydrogens is 492 g/mol. The molecule has 1 atom stereocenters. The van der Waals surface area contributed by atoms with Crippen molar-refractivity contribution in [3.63, 3.8) is 0 Å². The number of anilines is 3. The van der Waals surface area contributed by atoms with Crippen LogP contribution in [0.4, 0.5) is 21.6 Å². The fourth-order valence-corrected chi connectivity index (χ4v) is 5.66. The van der Waals surface area contributed by atoms with Crippen LogP contribution < -0.4 is 10.6 Å². The van der Waals surface area contributed by atoms with E-state index in [0.717, 1.165) is 11.3 Å². The van der Waals surface area contributed by atoms with E-state index in [1.54, 1.807) is 24.4 Å². The fourth-order valence-electron chi connectivity index (χ4n) is 3.03. The van der Waals surface area contributed by atoms with Crippen molar-refractivity contribution in [2.45, 2.75) is 30.4 Å². The minimum atomic E-state index is -0.451. The Bertz CT molecular complexity index is 1350. The number of nitro benzene ring substituents is 1. The van der Waals surface area contributed by atoms with Crippen molar-refractivity contribution in [2.75, 3.05) is 10.6 Å². The second-order valence-electron chi connectivity index (χ2n) is 7.41. The van der Waals surface area contributed by atoms with Gasteiger partial charge in [0.15, 0.2) is 9.47 Å². The first-order valence-electron chi connectivity index (χ1n) is 10.1. The number of thiazole rings is 1. The number of hydrogen-bond acceptors (Lipinski definition) is 10. The lowest BCUT2D eigenvalue weighted by Gasteiger charge is -2.08. The molecule has 2 N–H and O–H groups in total. The minimum Gasteiger partial charge on any atom is -0.330 e. The Kier molecular flexibility index (Phi) is 7.20. The molecule has 4 aromatic rings. The first-order valence-corrected chi connectivity index (χ1v) is 12.7. The molecular formula is C22H20N6O3S3. The van der Waals surface area contributed by atoms with E-state index in [1.165, 1.54) is 52.1 Å². The first-order chi connectivity index (χ1) is 16.3. The Labute approximate surface area is 207 Å². The van der Waals surface area contributed by atoms with E-state index in [2.05, 4.69) is 31.9 Å². The number of carbonyl (C=O) groups is 1. The van der Waals surface area contributed by atoms with E-state index in [1.807, 2.05) is 26.0 Å². The number of hydrogen-bond donors (Lipinski definition) is 2. The molecule has 2 aromatic carbocycles. The van der Waals surface area contributed by atoms with Gasteiger partial charge < -0.3 is 10.6 Å². The molecule has 2 aromatic heterocycles. The molecule has 1 amide bonds. The summed E-state index contributed by atoms with van der Waals surface area (Å²) < 4.78 is 0.673. The summed E-state index contributed by atoms with van der Waals surface area (Å²) in [4.78, 5) is 27.6. The molecule has 0 fully saturated rings. The Morgan fingerprint density at radius 3 is 2.74 bits per heavy atom. The molecule has 0 spiro atoms. The van der Waals surface area contributed by atoms with Crippen molar-refractivity contribution in [2.24, 2.45) is 0 Å². The number of thioether (sulfide) groups is 1. The van der Waals surface area contributed by atoms with Gasteiger partial charge in [-0.25, -0.2) is 4.98 Å². The van der Waals surface area contributed by atoms with Crippen LogP contribution in [0.3, 0.4) is 0 Å². The molecule has 174 valence electrons. The molecule has 2 heterocycles. The molecule has 0 saturated carbocycles. The smallest absolute Gasteiger partial charge is 0.270 e. The van der Waals surface area contributed by atoms with Crippen LogP contribution in [0.5, 0.6) is 0 Å². The van der Waals surface area contributed by atoms with Crippen LogP contribution in [-0.2, 0) is 4.79 Å². The number of nitrogens with one attached hydrogen (secondary N) is 2. The van der Waals surface area contributed by atoms with Crippen molar-refractivity contribution >= 4 is 62.0 Å². The van der Waals surface area contributed by atoms with Crippen LogP contribution in [0.15, 0.2) is 52.2 Å². The van der Waals surface area contributed by atoms with E-state index < -0.39 is 10.2 Å². The maximum atomic E-state index is 12.7. The highest BCUT2D eigenvalue weighted by molar-refractivity contribution is 8.02. The van der Waals surface area contributed by atoms with Gasteiger partial charge in [-0.15, -0.1) is 21.5 Å². The average Bonchev–Trinajstić information content (AvgIpc) is 3.45. The zero-order valence-electron chi connectivity index (χ0n) is 18.4. The first kappa shape index (κ1) is 23.8. The zero-order valence-corrected chi connectivity index (χ0v) is 20.9. The highest BCUT2D eigenvalue weighted by atomic mass is 32.2. The molecule has 0 radical (unpaired) electrons. The molecule has 1 unspecified atom stereocenters. The van der Waals surface area contributed by atoms with Gasteiger partial charge in [0.1, 0.15) is 0 Å². The number of non-ortho nitro benzene ring substituents is 1. The topological polar surface area (TPSA) is 123 Å². The van der Waals surface area contributed by atoms with E-state index in [0.29, 0.717) is 25.9 Å². The number of amides is 1. The summed E-state index contributed by atoms with van der Waals surface area (Å²) in [5.41, 5.74) is 4.44. The number of nitrogens with zero attached hydrogens (tertiary/aromatic N) is 4. The molecule has 0 saturated heterocycles. The number of rotatable bonds is 8. The number of aromatic nitrogens is 3. The van der Waals surface area contributed by atoms with E-state index >= 15 is 0 Å². The number of benzene rings is 2. The van der Waals surface area contributed by atoms with Gasteiger partial charge >= 0.3 is 0 Å². The molecule has 0 bridgehead atoms. The van der Waals surface area contributed by atoms with Crippen molar-refractivity contribution in [3.8, 4) is 11.3 Å². The highest BCUT2D eigenvalue weighted by Gasteiger charge is 2.19. The van der Waals surface area contributed by atoms with Crippen molar-refractivity contribution in [1.29, 1.82) is 0 Å². The average molecular weight is 513 g/mol. The lowest BCUT2D eigenvalue weighted by atomic mass is 10.1. The quantitative estimate of drug-likeness (QED) is 0.166. The number of nitro groups is 1. The van der Waals surface area contributed by atoms with Gasteiger partial charge in [-0.3, -0.25) is 14.9 Å². The van der Waals surface area contributed by atoms with Crippen LogP contribution in [0, 0.1) is 24.0 Å². The second-order valence-corrected chi connectivity index (χ2v) is 10.8. The van der Waals surface area contributed by atoms with Gasteiger partial charge in [-0.2, -0.15) is 0 Å². The molecule has 34 heavy (non-hydrogen) atoms. The summed E-state index contributed by atoms with van der Waals surface area (Å²) in [5, 5.41) is 27.8. The molecule has 0 aliphatic carbocycles. The summed E-state index contributed by atoms with van der Waals surface area (Å²) in [6.07, 6.45) is 0. The number of aryl methyl sites for hydroxylation is 2. The van der Waals surface area contributed by atoms with E-state index in [9.17, 15) is 14.9 Å². The van der Waals surface area contributed by atoms with Gasteiger partial charge in [0.05, 0.1) is 15.9 Å². The van der Waals surface area contributed by atoms with Crippen molar-refractivity contribution < 1.29 is 9.72 Å². The van der Waals surface area contributed by atoms with Crippen molar-refractivity contribution in [3.05, 3.63) is 69.1 Å². The Hall–Kier alpha value is -3.35. The van der Waals surface area contributed by atoms with E-state index in [-0.39, 0.29) is 11.6 Å². The molecule has 0 aliphatic heterocycles. The summed E-state index contributed by atoms with van der Waals surface area (Å²) >= 11 is 3.95. The molecule has 0 aliphatic rings. The van der Waals surface area contributed by atoms with Gasteiger partial charge in [-0.1, -0.05) is 52.9 Å². The SMILES string of the molecule is Cc1ccc(Nc2nnc(SC(C)C(=O)Nc3nc(-c4cccc([N+](=O)[O-])c4)cs3)s2)c(C)c1. The fraction of sp³-hybridized carbons (Fsp3) is 0.182. The van der Waals surface area contributed by atoms with Crippen LogP contribution in [0.2, 0.25) is 0 Å². The Morgan fingerprint density at radius 1 is 1.15 bits per heavy atom. The van der Waals surface area contributed by atoms with Crippen LogP contribution >= 0.6 is 34.4 Å². The van der Waals surface area contributed by atoms with Crippen LogP contribution in [0.1, 0.15) is 18.1 Å². The summed E-state index contributed by atoms with van der Waals surface area (Å²) in [7, 11) is 0. The van der Waals surface area contributed by atoms with Gasteiger partial charge in [0.2, 0.25) is 11.0 Å². The largest absolute Gasteiger partial charge is 0.330 e. The predicted octanol–water partition coefficient (Wildman–Crippen LogP) is 6.05. The third kappa shape index (κ3) is 5.76. The third-order valence-corrected chi connectivity index (χ3v) is 7.54. The summed E-state index contributed by atoms with van der Waals surface area (Å²) in [6.45, 7) is 5.86. The van der Waals surface area contributed by atoms with E-state index in [4.69, 9.17) is 0 Å². The van der Waals surface area contributed by atoms with Crippen LogP contribution in [-0.4, -0.2) is 31.3 Å². The summed E-state index contributed by atoms with van der Waals surface area (Å²) in [5.74, 6) is -0.218. The third-order valence-electron chi connectivity index (χ3n) is 4.76. The normalized spacial score (nSPS) is 11.7. The maximum absolute atomic E-state index is 12.7. The minimum absolute atomic E-state index is 0.00966. The van der Waals surface area contributed by atoms with Crippen LogP contribution in [0.25, 0.3) is 11.3 Å². The zero-order chi connectivity index (χ0) is 24.2. The molecule has 9 nitrogen and oxygen atoms in total. The summed E-state index contributed by atoms with van der Waals surface area (Å²) in [6, 6.07) is 12.4. The van der Waals surface area contributed by atoms with Crippen molar-refractivity contribution in [1.82, 2.24) is 15.2 Å². The van der Waals surface area contributed by atoms with Gasteiger partial charge in [-0.05, 0) is 32.4 Å². The van der Waals surface area contributed by atoms with Gasteiger partial charge in [0, 0.05) is 28.8 Å². The Morgan fingerprint density at radius 2 is 1.97 bits per heavy atom. The lowest BCUT2D eigenvalue weighted by molar-refractivity contribution is -0.384. The second kappa shape index (κ2) is 10.3. The molecule has 12 heteroatoms.